The van der Waals surface area contributed by atoms with Crippen molar-refractivity contribution in [3.05, 3.63) is 28.5 Å². The van der Waals surface area contributed by atoms with Crippen molar-refractivity contribution in [3.8, 4) is 0 Å². The van der Waals surface area contributed by atoms with Crippen LogP contribution in [0.2, 0.25) is 0 Å². The number of pyridine rings is 1. The highest BCUT2D eigenvalue weighted by Crippen LogP contribution is 2.22. The van der Waals surface area contributed by atoms with E-state index in [4.69, 9.17) is 5.84 Å². The third-order valence-corrected chi connectivity index (χ3v) is 2.85. The minimum atomic E-state index is -4.16. The van der Waals surface area contributed by atoms with Crippen LogP contribution in [0.15, 0.2) is 22.9 Å². The van der Waals surface area contributed by atoms with Crippen molar-refractivity contribution in [1.29, 1.82) is 0 Å². The molecule has 1 rings (SSSR count). The molecule has 0 bridgehead atoms. The molecule has 0 aliphatic heterocycles. The molecule has 0 fully saturated rings. The van der Waals surface area contributed by atoms with Gasteiger partial charge >= 0.3 is 12.3 Å². The van der Waals surface area contributed by atoms with E-state index in [1.165, 1.54) is 0 Å². The zero-order valence-electron chi connectivity index (χ0n) is 10.3. The molecule has 1 atom stereocenters. The SMILES string of the molecule is NNC(COCC(F)(F)C(F)F)Cc1cncc(Br)c1. The summed E-state index contributed by atoms with van der Waals surface area (Å²) in [5.41, 5.74) is 3.18. The maximum absolute atomic E-state index is 12.6. The largest absolute Gasteiger partial charge is 0.373 e. The van der Waals surface area contributed by atoms with Crippen LogP contribution >= 0.6 is 15.9 Å². The average molecular weight is 360 g/mol. The molecule has 0 aliphatic carbocycles. The second kappa shape index (κ2) is 7.87. The van der Waals surface area contributed by atoms with Gasteiger partial charge in [0.1, 0.15) is 6.61 Å². The van der Waals surface area contributed by atoms with Crippen LogP contribution in [-0.2, 0) is 11.2 Å². The second-order valence-corrected chi connectivity index (χ2v) is 5.07. The van der Waals surface area contributed by atoms with E-state index in [0.717, 1.165) is 10.0 Å². The van der Waals surface area contributed by atoms with Crippen molar-refractivity contribution in [2.75, 3.05) is 13.2 Å². The molecule has 1 heterocycles. The lowest BCUT2D eigenvalue weighted by Crippen LogP contribution is -2.42. The van der Waals surface area contributed by atoms with Gasteiger partial charge in [0.2, 0.25) is 0 Å². The number of nitrogens with zero attached hydrogens (tertiary/aromatic N) is 1. The summed E-state index contributed by atoms with van der Waals surface area (Å²) in [6.45, 7) is -1.56. The van der Waals surface area contributed by atoms with E-state index in [1.807, 2.05) is 0 Å². The van der Waals surface area contributed by atoms with Gasteiger partial charge in [-0.15, -0.1) is 0 Å². The minimum absolute atomic E-state index is 0.217. The Morgan fingerprint density at radius 2 is 2.10 bits per heavy atom. The first-order valence-corrected chi connectivity index (χ1v) is 6.43. The summed E-state index contributed by atoms with van der Waals surface area (Å²) in [4.78, 5) is 3.94. The van der Waals surface area contributed by atoms with Crippen LogP contribution in [0.1, 0.15) is 5.56 Å². The molecule has 9 heteroatoms. The van der Waals surface area contributed by atoms with Gasteiger partial charge in [-0.25, -0.2) is 8.78 Å². The minimum Gasteiger partial charge on any atom is -0.373 e. The van der Waals surface area contributed by atoms with Gasteiger partial charge in [0.25, 0.3) is 0 Å². The van der Waals surface area contributed by atoms with E-state index in [9.17, 15) is 17.6 Å². The summed E-state index contributed by atoms with van der Waals surface area (Å²) < 4.78 is 54.5. The van der Waals surface area contributed by atoms with Gasteiger partial charge in [0.15, 0.2) is 0 Å². The number of alkyl halides is 4. The third-order valence-electron chi connectivity index (χ3n) is 2.41. The fourth-order valence-corrected chi connectivity index (χ4v) is 1.83. The molecule has 114 valence electrons. The Kier molecular flexibility index (Phi) is 6.80. The van der Waals surface area contributed by atoms with Gasteiger partial charge in [-0.3, -0.25) is 16.3 Å². The monoisotopic (exact) mass is 359 g/mol. The van der Waals surface area contributed by atoms with E-state index in [-0.39, 0.29) is 6.61 Å². The Hall–Kier alpha value is -0.770. The fourth-order valence-electron chi connectivity index (χ4n) is 1.42. The Morgan fingerprint density at radius 3 is 2.65 bits per heavy atom. The van der Waals surface area contributed by atoms with E-state index >= 15 is 0 Å². The molecule has 4 nitrogen and oxygen atoms in total. The van der Waals surface area contributed by atoms with E-state index in [1.54, 1.807) is 18.5 Å². The van der Waals surface area contributed by atoms with E-state index in [2.05, 4.69) is 31.1 Å². The molecule has 1 aromatic rings. The Morgan fingerprint density at radius 1 is 1.40 bits per heavy atom. The molecular weight excluding hydrogens is 346 g/mol. The number of hydrazine groups is 1. The lowest BCUT2D eigenvalue weighted by atomic mass is 10.1. The summed E-state index contributed by atoms with van der Waals surface area (Å²) in [6.07, 6.45) is -0.207. The van der Waals surface area contributed by atoms with Gasteiger partial charge in [0, 0.05) is 22.9 Å². The van der Waals surface area contributed by atoms with Crippen LogP contribution in [0.25, 0.3) is 0 Å². The smallest absolute Gasteiger partial charge is 0.330 e. The van der Waals surface area contributed by atoms with Crippen LogP contribution in [0.3, 0.4) is 0 Å². The van der Waals surface area contributed by atoms with Crippen LogP contribution in [0, 0.1) is 0 Å². The molecule has 20 heavy (non-hydrogen) atoms. The number of hydrogen-bond acceptors (Lipinski definition) is 4. The van der Waals surface area contributed by atoms with Gasteiger partial charge < -0.3 is 4.74 Å². The highest BCUT2D eigenvalue weighted by Gasteiger charge is 2.41. The standard InChI is InChI=1S/C11H14BrF4N3O/c12-8-1-7(3-18-4-8)2-9(19-17)5-20-6-11(15,16)10(13)14/h1,3-4,9-10,19H,2,5-6,17H2. The number of hydrogen-bond donors (Lipinski definition) is 2. The average Bonchev–Trinajstić information content (AvgIpc) is 2.37. The van der Waals surface area contributed by atoms with Crippen molar-refractivity contribution < 1.29 is 22.3 Å². The molecule has 0 amide bonds. The third kappa shape index (κ3) is 5.70. The van der Waals surface area contributed by atoms with Crippen molar-refractivity contribution in [1.82, 2.24) is 10.4 Å². The maximum atomic E-state index is 12.6. The first-order chi connectivity index (χ1) is 9.35. The van der Waals surface area contributed by atoms with Gasteiger partial charge in [0.05, 0.1) is 6.61 Å². The highest BCUT2D eigenvalue weighted by atomic mass is 79.9. The summed E-state index contributed by atoms with van der Waals surface area (Å²) in [5.74, 6) is 1.11. The van der Waals surface area contributed by atoms with Crippen LogP contribution < -0.4 is 11.3 Å². The molecule has 1 unspecified atom stereocenters. The Balaban J connectivity index is 2.44. The predicted octanol–water partition coefficient (Wildman–Crippen LogP) is 2.14. The number of nitrogens with two attached hydrogens (primary N) is 1. The van der Waals surface area contributed by atoms with Crippen LogP contribution in [0.4, 0.5) is 17.6 Å². The quantitative estimate of drug-likeness (QED) is 0.424. The molecule has 3 N–H and O–H groups in total. The zero-order valence-corrected chi connectivity index (χ0v) is 11.9. The topological polar surface area (TPSA) is 60.2 Å². The van der Waals surface area contributed by atoms with Gasteiger partial charge in [-0.05, 0) is 34.0 Å². The Labute approximate surface area is 121 Å². The molecule has 0 aliphatic rings. The first-order valence-electron chi connectivity index (χ1n) is 5.64. The Bertz CT molecular complexity index is 422. The van der Waals surface area contributed by atoms with Crippen molar-refractivity contribution in [2.24, 2.45) is 5.84 Å². The van der Waals surface area contributed by atoms with Crippen molar-refractivity contribution in [2.45, 2.75) is 24.8 Å². The molecule has 0 spiro atoms. The number of rotatable bonds is 8. The summed E-state index contributed by atoms with van der Waals surface area (Å²) in [7, 11) is 0. The number of ether oxygens (including phenoxy) is 1. The van der Waals surface area contributed by atoms with Crippen molar-refractivity contribution in [3.63, 3.8) is 0 Å². The molecule has 1 aromatic heterocycles. The molecule has 0 radical (unpaired) electrons. The lowest BCUT2D eigenvalue weighted by Gasteiger charge is -2.19. The zero-order chi connectivity index (χ0) is 15.2. The normalized spacial score (nSPS) is 13.8. The number of nitrogens with one attached hydrogen (secondary N) is 1. The second-order valence-electron chi connectivity index (χ2n) is 4.16. The predicted molar refractivity (Wildman–Crippen MR) is 68.5 cm³/mol. The lowest BCUT2D eigenvalue weighted by molar-refractivity contribution is -0.167. The molecular formula is C11H14BrF4N3O. The van der Waals surface area contributed by atoms with Crippen molar-refractivity contribution >= 4 is 15.9 Å². The van der Waals surface area contributed by atoms with Gasteiger partial charge in [-0.2, -0.15) is 8.78 Å². The van der Waals surface area contributed by atoms with E-state index < -0.39 is 25.0 Å². The summed E-state index contributed by atoms with van der Waals surface area (Å²) in [6, 6.07) is 1.30. The number of aromatic nitrogens is 1. The van der Waals surface area contributed by atoms with E-state index in [0.29, 0.717) is 6.42 Å². The highest BCUT2D eigenvalue weighted by molar-refractivity contribution is 9.10. The summed E-state index contributed by atoms with van der Waals surface area (Å²) >= 11 is 3.24. The van der Waals surface area contributed by atoms with Crippen LogP contribution in [-0.4, -0.2) is 36.6 Å². The number of halogens is 5. The summed E-state index contributed by atoms with van der Waals surface area (Å²) in [5, 5.41) is 0. The molecule has 0 saturated heterocycles. The maximum Gasteiger partial charge on any atom is 0.330 e. The van der Waals surface area contributed by atoms with Crippen LogP contribution in [0.5, 0.6) is 0 Å². The first kappa shape index (κ1) is 17.3. The molecule has 0 aromatic carbocycles. The van der Waals surface area contributed by atoms with Gasteiger partial charge in [-0.1, -0.05) is 0 Å². The fraction of sp³-hybridized carbons (Fsp3) is 0.545. The molecule has 0 saturated carbocycles.